The number of rotatable bonds is 4. The van der Waals surface area contributed by atoms with Crippen molar-refractivity contribution in [1.82, 2.24) is 14.7 Å². The van der Waals surface area contributed by atoms with Gasteiger partial charge in [-0.1, -0.05) is 6.42 Å². The fraction of sp³-hybridized carbons (Fsp3) is 0.750. The maximum atomic E-state index is 12.6. The second-order valence-corrected chi connectivity index (χ2v) is 7.47. The minimum absolute atomic E-state index is 0.0274. The highest BCUT2D eigenvalue weighted by molar-refractivity contribution is 7.99. The summed E-state index contributed by atoms with van der Waals surface area (Å²) in [7, 11) is 1.91. The Bertz CT molecular complexity index is 540. The van der Waals surface area contributed by atoms with Gasteiger partial charge in [-0.2, -0.15) is 16.9 Å². The smallest absolute Gasteiger partial charge is 0.321 e. The quantitative estimate of drug-likeness (QED) is 0.916. The molecule has 2 rings (SSSR count). The van der Waals surface area contributed by atoms with Crippen LogP contribution in [0.4, 0.5) is 10.5 Å². The summed E-state index contributed by atoms with van der Waals surface area (Å²) < 4.78 is 1.96. The van der Waals surface area contributed by atoms with Crippen molar-refractivity contribution in [3.63, 3.8) is 0 Å². The van der Waals surface area contributed by atoms with Crippen molar-refractivity contribution >= 4 is 23.5 Å². The van der Waals surface area contributed by atoms with Gasteiger partial charge < -0.3 is 10.2 Å². The molecule has 1 aromatic heterocycles. The highest BCUT2D eigenvalue weighted by atomic mass is 32.2. The van der Waals surface area contributed by atoms with Gasteiger partial charge in [-0.25, -0.2) is 4.79 Å². The van der Waals surface area contributed by atoms with Crippen LogP contribution in [-0.2, 0) is 0 Å². The van der Waals surface area contributed by atoms with Crippen LogP contribution in [0.2, 0.25) is 0 Å². The van der Waals surface area contributed by atoms with E-state index >= 15 is 0 Å². The molecule has 0 aliphatic heterocycles. The molecule has 1 fully saturated rings. The lowest BCUT2D eigenvalue weighted by Crippen LogP contribution is -2.43. The lowest BCUT2D eigenvalue weighted by molar-refractivity contribution is 0.206. The molecule has 0 saturated heterocycles. The van der Waals surface area contributed by atoms with Crippen LogP contribution in [0.3, 0.4) is 0 Å². The number of aryl methyl sites for hydroxylation is 1. The summed E-state index contributed by atoms with van der Waals surface area (Å²) in [6.07, 6.45) is 5.64. The molecule has 0 spiro atoms. The van der Waals surface area contributed by atoms with Crippen LogP contribution in [0.1, 0.15) is 50.5 Å². The molecule has 0 bridgehead atoms. The van der Waals surface area contributed by atoms with Crippen LogP contribution >= 0.6 is 11.8 Å². The zero-order valence-corrected chi connectivity index (χ0v) is 15.3. The fourth-order valence-electron chi connectivity index (χ4n) is 3.32. The molecule has 22 heavy (non-hydrogen) atoms. The third-order valence-electron chi connectivity index (χ3n) is 4.58. The van der Waals surface area contributed by atoms with Crippen molar-refractivity contribution in [2.45, 2.75) is 64.3 Å². The molecule has 6 heteroatoms. The molecule has 1 heterocycles. The highest BCUT2D eigenvalue weighted by Gasteiger charge is 2.32. The highest BCUT2D eigenvalue weighted by Crippen LogP contribution is 2.32. The summed E-state index contributed by atoms with van der Waals surface area (Å²) in [5.41, 5.74) is 2.74. The van der Waals surface area contributed by atoms with E-state index in [2.05, 4.69) is 30.5 Å². The van der Waals surface area contributed by atoms with E-state index in [1.165, 1.54) is 12.8 Å². The molecule has 0 radical (unpaired) electrons. The second-order valence-electron chi connectivity index (χ2n) is 6.40. The molecule has 0 unspecified atom stereocenters. The van der Waals surface area contributed by atoms with Crippen LogP contribution in [0.25, 0.3) is 0 Å². The molecule has 1 aliphatic rings. The fourth-order valence-corrected chi connectivity index (χ4v) is 4.35. The Morgan fingerprint density at radius 1 is 1.41 bits per heavy atom. The summed E-state index contributed by atoms with van der Waals surface area (Å²) in [6, 6.07) is 0.592. The number of carbonyl (C=O) groups excluding carboxylic acids is 1. The number of carbonyl (C=O) groups is 1. The SMILES string of the molecule is CS[C@H]1CCC[C@@H]1N(C)C(=O)Nc1c(C)nn(C(C)C)c1C. The van der Waals surface area contributed by atoms with Gasteiger partial charge in [0.15, 0.2) is 0 Å². The predicted molar refractivity (Wildman–Crippen MR) is 93.8 cm³/mol. The van der Waals surface area contributed by atoms with Gasteiger partial charge in [0, 0.05) is 24.4 Å². The Hall–Kier alpha value is -1.17. The third kappa shape index (κ3) is 3.26. The summed E-state index contributed by atoms with van der Waals surface area (Å²) >= 11 is 1.87. The lowest BCUT2D eigenvalue weighted by atomic mass is 10.2. The van der Waals surface area contributed by atoms with E-state index < -0.39 is 0 Å². The van der Waals surface area contributed by atoms with E-state index in [0.717, 1.165) is 23.5 Å². The Morgan fingerprint density at radius 3 is 2.64 bits per heavy atom. The standard InChI is InChI=1S/C16H28N4OS/c1-10(2)20-12(4)15(11(3)18-20)17-16(21)19(5)13-8-7-9-14(13)22-6/h10,13-14H,7-9H2,1-6H3,(H,17,21)/t13-,14-/m0/s1. The van der Waals surface area contributed by atoms with Crippen molar-refractivity contribution in [3.8, 4) is 0 Å². The maximum absolute atomic E-state index is 12.6. The number of anilines is 1. The van der Waals surface area contributed by atoms with E-state index in [0.29, 0.717) is 11.3 Å². The largest absolute Gasteiger partial charge is 0.323 e. The van der Waals surface area contributed by atoms with Crippen molar-refractivity contribution in [2.75, 3.05) is 18.6 Å². The number of hydrogen-bond acceptors (Lipinski definition) is 3. The van der Waals surface area contributed by atoms with E-state index in [4.69, 9.17) is 0 Å². The molecule has 1 aromatic rings. The molecule has 2 amide bonds. The minimum atomic E-state index is -0.0274. The van der Waals surface area contributed by atoms with Crippen molar-refractivity contribution < 1.29 is 4.79 Å². The van der Waals surface area contributed by atoms with Crippen molar-refractivity contribution in [1.29, 1.82) is 0 Å². The molecule has 1 N–H and O–H groups in total. The molecule has 5 nitrogen and oxygen atoms in total. The van der Waals surface area contributed by atoms with Gasteiger partial charge in [0.05, 0.1) is 17.1 Å². The first kappa shape index (κ1) is 17.2. The van der Waals surface area contributed by atoms with Gasteiger partial charge >= 0.3 is 6.03 Å². The number of aromatic nitrogens is 2. The van der Waals surface area contributed by atoms with Crippen LogP contribution in [0.5, 0.6) is 0 Å². The first-order valence-electron chi connectivity index (χ1n) is 7.99. The van der Waals surface area contributed by atoms with Crippen molar-refractivity contribution in [2.24, 2.45) is 0 Å². The van der Waals surface area contributed by atoms with E-state index in [9.17, 15) is 4.79 Å². The van der Waals surface area contributed by atoms with E-state index in [1.54, 1.807) is 0 Å². The summed E-state index contributed by atoms with van der Waals surface area (Å²) in [5.74, 6) is 0. The molecule has 2 atom stereocenters. The molecular formula is C16H28N4OS. The number of hydrogen-bond donors (Lipinski definition) is 1. The number of nitrogens with one attached hydrogen (secondary N) is 1. The minimum Gasteiger partial charge on any atom is -0.323 e. The first-order valence-corrected chi connectivity index (χ1v) is 9.27. The molecule has 124 valence electrons. The predicted octanol–water partition coefficient (Wildman–Crippen LogP) is 3.83. The van der Waals surface area contributed by atoms with Gasteiger partial charge in [0.25, 0.3) is 0 Å². The van der Waals surface area contributed by atoms with Gasteiger partial charge in [0.1, 0.15) is 0 Å². The summed E-state index contributed by atoms with van der Waals surface area (Å²) in [4.78, 5) is 14.5. The second kappa shape index (κ2) is 6.94. The molecule has 1 aliphatic carbocycles. The van der Waals surface area contributed by atoms with Crippen LogP contribution in [0, 0.1) is 13.8 Å². The van der Waals surface area contributed by atoms with Gasteiger partial charge in [-0.15, -0.1) is 0 Å². The number of nitrogens with zero attached hydrogens (tertiary/aromatic N) is 3. The molecular weight excluding hydrogens is 296 g/mol. The zero-order valence-electron chi connectivity index (χ0n) is 14.5. The Labute approximate surface area is 137 Å². The summed E-state index contributed by atoms with van der Waals surface area (Å²) in [5, 5.41) is 8.15. The Morgan fingerprint density at radius 2 is 2.09 bits per heavy atom. The monoisotopic (exact) mass is 324 g/mol. The lowest BCUT2D eigenvalue weighted by Gasteiger charge is -2.29. The number of thioether (sulfide) groups is 1. The number of urea groups is 1. The third-order valence-corrected chi connectivity index (χ3v) is 5.74. The van der Waals surface area contributed by atoms with Crippen molar-refractivity contribution in [3.05, 3.63) is 11.4 Å². The Balaban J connectivity index is 2.12. The molecule has 1 saturated carbocycles. The average Bonchev–Trinajstić information content (AvgIpc) is 3.05. The first-order chi connectivity index (χ1) is 10.4. The molecule has 0 aromatic carbocycles. The normalized spacial score (nSPS) is 21.4. The van der Waals surface area contributed by atoms with E-state index in [1.807, 2.05) is 42.2 Å². The Kier molecular flexibility index (Phi) is 5.42. The van der Waals surface area contributed by atoms with Gasteiger partial charge in [-0.05, 0) is 46.8 Å². The van der Waals surface area contributed by atoms with E-state index in [-0.39, 0.29) is 12.1 Å². The topological polar surface area (TPSA) is 50.2 Å². The number of amides is 2. The van der Waals surface area contributed by atoms with Crippen LogP contribution < -0.4 is 5.32 Å². The zero-order chi connectivity index (χ0) is 16.4. The van der Waals surface area contributed by atoms with Gasteiger partial charge in [-0.3, -0.25) is 4.68 Å². The van der Waals surface area contributed by atoms with Crippen LogP contribution in [-0.4, -0.2) is 45.3 Å². The summed E-state index contributed by atoms with van der Waals surface area (Å²) in [6.45, 7) is 8.15. The van der Waals surface area contributed by atoms with Gasteiger partial charge in [0.2, 0.25) is 0 Å². The average molecular weight is 324 g/mol. The van der Waals surface area contributed by atoms with Crippen LogP contribution in [0.15, 0.2) is 0 Å². The maximum Gasteiger partial charge on any atom is 0.321 e.